The molecule has 2 N–H and O–H groups in total. The zero-order valence-electron chi connectivity index (χ0n) is 13.9. The molecule has 24 heavy (non-hydrogen) atoms. The summed E-state index contributed by atoms with van der Waals surface area (Å²) in [6, 6.07) is 0. The molecule has 1 saturated carbocycles. The normalized spacial score (nSPS) is 13.9. The van der Waals surface area contributed by atoms with E-state index in [1.807, 2.05) is 6.92 Å². The molecule has 1 amide bonds. The number of hydrogen-bond donors (Lipinski definition) is 2. The van der Waals surface area contributed by atoms with Crippen LogP contribution in [0.4, 0.5) is 0 Å². The van der Waals surface area contributed by atoms with Crippen molar-refractivity contribution in [2.75, 3.05) is 6.54 Å². The van der Waals surface area contributed by atoms with Gasteiger partial charge in [-0.15, -0.1) is 0 Å². The number of aromatic nitrogens is 4. The third-order valence-corrected chi connectivity index (χ3v) is 4.03. The van der Waals surface area contributed by atoms with Crippen molar-refractivity contribution in [1.29, 1.82) is 0 Å². The van der Waals surface area contributed by atoms with Crippen LogP contribution in [-0.4, -0.2) is 32.6 Å². The molecule has 3 rings (SSSR count). The topological polar surface area (TPSA) is 114 Å². The number of nitrogens with zero attached hydrogens (tertiary/aromatic N) is 3. The van der Waals surface area contributed by atoms with Crippen molar-refractivity contribution in [3.8, 4) is 0 Å². The average Bonchev–Trinajstić information content (AvgIpc) is 3.30. The first-order valence-corrected chi connectivity index (χ1v) is 8.24. The van der Waals surface area contributed by atoms with Crippen LogP contribution in [0, 0.1) is 6.92 Å². The summed E-state index contributed by atoms with van der Waals surface area (Å²) in [7, 11) is 0. The van der Waals surface area contributed by atoms with Gasteiger partial charge in [0.2, 0.25) is 11.8 Å². The fourth-order valence-electron chi connectivity index (χ4n) is 2.45. The van der Waals surface area contributed by atoms with E-state index >= 15 is 0 Å². The first-order chi connectivity index (χ1) is 11.6. The largest absolute Gasteiger partial charge is 0.355 e. The Kier molecular flexibility index (Phi) is 4.73. The van der Waals surface area contributed by atoms with Crippen LogP contribution in [0.1, 0.15) is 54.5 Å². The molecule has 0 aliphatic heterocycles. The molecule has 0 aromatic carbocycles. The molecular weight excluding hydrogens is 310 g/mol. The Labute approximate surface area is 139 Å². The lowest BCUT2D eigenvalue weighted by molar-refractivity contribution is -0.120. The minimum atomic E-state index is -0.250. The Hall–Kier alpha value is -2.51. The van der Waals surface area contributed by atoms with Gasteiger partial charge in [0.15, 0.2) is 5.82 Å². The molecule has 2 heterocycles. The quantitative estimate of drug-likeness (QED) is 0.776. The number of hydrogen-bond acceptors (Lipinski definition) is 6. The molecule has 0 spiro atoms. The van der Waals surface area contributed by atoms with Crippen LogP contribution in [-0.2, 0) is 24.1 Å². The summed E-state index contributed by atoms with van der Waals surface area (Å²) in [4.78, 5) is 35.3. The number of aromatic amines is 1. The van der Waals surface area contributed by atoms with Crippen LogP contribution < -0.4 is 10.9 Å². The van der Waals surface area contributed by atoms with E-state index in [0.29, 0.717) is 48.3 Å². The number of H-pyrrole nitrogens is 1. The first-order valence-electron chi connectivity index (χ1n) is 8.24. The third kappa shape index (κ3) is 3.87. The maximum absolute atomic E-state index is 12.0. The van der Waals surface area contributed by atoms with E-state index in [1.165, 1.54) is 0 Å². The average molecular weight is 331 g/mol. The second-order valence-corrected chi connectivity index (χ2v) is 6.03. The van der Waals surface area contributed by atoms with Gasteiger partial charge in [0.1, 0.15) is 5.82 Å². The molecule has 1 fully saturated rings. The minimum Gasteiger partial charge on any atom is -0.355 e. The summed E-state index contributed by atoms with van der Waals surface area (Å²) < 4.78 is 5.15. The van der Waals surface area contributed by atoms with Gasteiger partial charge in [-0.05, 0) is 19.8 Å². The van der Waals surface area contributed by atoms with Crippen LogP contribution in [0.2, 0.25) is 0 Å². The van der Waals surface area contributed by atoms with E-state index in [4.69, 9.17) is 4.52 Å². The highest BCUT2D eigenvalue weighted by atomic mass is 16.5. The summed E-state index contributed by atoms with van der Waals surface area (Å²) in [5.74, 6) is 2.15. The Balaban J connectivity index is 1.51. The molecule has 0 saturated heterocycles. The van der Waals surface area contributed by atoms with Gasteiger partial charge in [-0.3, -0.25) is 9.59 Å². The van der Waals surface area contributed by atoms with E-state index in [9.17, 15) is 9.59 Å². The molecule has 1 aliphatic rings. The van der Waals surface area contributed by atoms with E-state index < -0.39 is 0 Å². The second-order valence-electron chi connectivity index (χ2n) is 6.03. The van der Waals surface area contributed by atoms with Gasteiger partial charge in [-0.25, -0.2) is 4.98 Å². The number of carbonyl (C=O) groups is 1. The van der Waals surface area contributed by atoms with Gasteiger partial charge in [0, 0.05) is 36.6 Å². The molecule has 128 valence electrons. The molecular formula is C16H21N5O3. The monoisotopic (exact) mass is 331 g/mol. The maximum atomic E-state index is 12.0. The summed E-state index contributed by atoms with van der Waals surface area (Å²) in [6.07, 6.45) is 3.38. The number of nitrogens with one attached hydrogen (secondary N) is 2. The van der Waals surface area contributed by atoms with Crippen LogP contribution >= 0.6 is 0 Å². The maximum Gasteiger partial charge on any atom is 0.254 e. The molecule has 2 aromatic rings. The number of carbonyl (C=O) groups excluding carboxylic acids is 1. The number of rotatable bonds is 7. The molecule has 0 atom stereocenters. The SMILES string of the molecule is CCc1nc(C)c(CC(=O)NCCc2nc(C3CC3)no2)c(=O)[nH]1. The first kappa shape index (κ1) is 16.4. The molecule has 8 heteroatoms. The summed E-state index contributed by atoms with van der Waals surface area (Å²) >= 11 is 0. The van der Waals surface area contributed by atoms with Gasteiger partial charge in [0.25, 0.3) is 5.56 Å². The third-order valence-electron chi connectivity index (χ3n) is 4.03. The Morgan fingerprint density at radius 2 is 2.17 bits per heavy atom. The smallest absolute Gasteiger partial charge is 0.254 e. The highest BCUT2D eigenvalue weighted by Gasteiger charge is 2.28. The molecule has 8 nitrogen and oxygen atoms in total. The standard InChI is InChI=1S/C16H21N5O3/c1-3-12-18-9(2)11(16(23)19-12)8-13(22)17-7-6-14-20-15(21-24-14)10-4-5-10/h10H,3-8H2,1-2H3,(H,17,22)(H,18,19,23). The Bertz CT molecular complexity index is 791. The van der Waals surface area contributed by atoms with Crippen molar-refractivity contribution in [1.82, 2.24) is 25.4 Å². The predicted octanol–water partition coefficient (Wildman–Crippen LogP) is 0.803. The molecule has 2 aromatic heterocycles. The molecule has 0 radical (unpaired) electrons. The van der Waals surface area contributed by atoms with Crippen molar-refractivity contribution in [2.45, 2.75) is 51.9 Å². The highest BCUT2D eigenvalue weighted by molar-refractivity contribution is 5.78. The zero-order chi connectivity index (χ0) is 17.1. The Morgan fingerprint density at radius 1 is 1.38 bits per heavy atom. The van der Waals surface area contributed by atoms with Crippen LogP contribution in [0.3, 0.4) is 0 Å². The van der Waals surface area contributed by atoms with E-state index in [1.54, 1.807) is 6.92 Å². The van der Waals surface area contributed by atoms with E-state index in [2.05, 4.69) is 25.4 Å². The lowest BCUT2D eigenvalue weighted by Gasteiger charge is -2.07. The summed E-state index contributed by atoms with van der Waals surface area (Å²) in [5, 5.41) is 6.70. The van der Waals surface area contributed by atoms with Gasteiger partial charge in [0.05, 0.1) is 6.42 Å². The lowest BCUT2D eigenvalue weighted by atomic mass is 10.1. The van der Waals surface area contributed by atoms with Gasteiger partial charge >= 0.3 is 0 Å². The van der Waals surface area contributed by atoms with Crippen molar-refractivity contribution < 1.29 is 9.32 Å². The van der Waals surface area contributed by atoms with Gasteiger partial charge < -0.3 is 14.8 Å². The molecule has 1 aliphatic carbocycles. The molecule has 0 unspecified atom stereocenters. The van der Waals surface area contributed by atoms with Gasteiger partial charge in [-0.1, -0.05) is 12.1 Å². The van der Waals surface area contributed by atoms with Crippen molar-refractivity contribution >= 4 is 5.91 Å². The highest BCUT2D eigenvalue weighted by Crippen LogP contribution is 2.38. The van der Waals surface area contributed by atoms with E-state index in [0.717, 1.165) is 18.7 Å². The summed E-state index contributed by atoms with van der Waals surface area (Å²) in [6.45, 7) is 4.05. The van der Waals surface area contributed by atoms with Crippen molar-refractivity contribution in [2.24, 2.45) is 0 Å². The van der Waals surface area contributed by atoms with Crippen LogP contribution in [0.15, 0.2) is 9.32 Å². The van der Waals surface area contributed by atoms with Crippen molar-refractivity contribution in [3.05, 3.63) is 39.2 Å². The molecule has 0 bridgehead atoms. The number of aryl methyl sites for hydroxylation is 2. The van der Waals surface area contributed by atoms with Crippen LogP contribution in [0.5, 0.6) is 0 Å². The van der Waals surface area contributed by atoms with Crippen LogP contribution in [0.25, 0.3) is 0 Å². The predicted molar refractivity (Wildman–Crippen MR) is 85.7 cm³/mol. The van der Waals surface area contributed by atoms with Crippen molar-refractivity contribution in [3.63, 3.8) is 0 Å². The Morgan fingerprint density at radius 3 is 2.83 bits per heavy atom. The zero-order valence-corrected chi connectivity index (χ0v) is 13.9. The number of amides is 1. The minimum absolute atomic E-state index is 0.00924. The van der Waals surface area contributed by atoms with E-state index in [-0.39, 0.29) is 17.9 Å². The van der Waals surface area contributed by atoms with Gasteiger partial charge in [-0.2, -0.15) is 4.98 Å². The second kappa shape index (κ2) is 6.94. The fraction of sp³-hybridized carbons (Fsp3) is 0.562. The fourth-order valence-corrected chi connectivity index (χ4v) is 2.45. The summed E-state index contributed by atoms with van der Waals surface area (Å²) in [5.41, 5.74) is 0.746. The lowest BCUT2D eigenvalue weighted by Crippen LogP contribution is -2.30.